The Morgan fingerprint density at radius 2 is 1.25 bits per heavy atom. The molecule has 4 heterocycles. The third kappa shape index (κ3) is 7.61. The number of ether oxygens (including phenoxy) is 2. The van der Waals surface area contributed by atoms with Crippen LogP contribution < -0.4 is 16.0 Å². The first-order valence-corrected chi connectivity index (χ1v) is 24.2. The Kier molecular flexibility index (Phi) is 10.9. The molecule has 6 unspecified atom stereocenters. The fourth-order valence-corrected chi connectivity index (χ4v) is 12.1. The molecule has 14 nitrogen and oxygen atoms in total. The fourth-order valence-electron chi connectivity index (χ4n) is 12.1. The molecule has 10 atom stereocenters. The summed E-state index contributed by atoms with van der Waals surface area (Å²) in [6, 6.07) is 21.4. The maximum atomic E-state index is 13.9. The Labute approximate surface area is 391 Å². The van der Waals surface area contributed by atoms with Gasteiger partial charge in [0.25, 0.3) is 0 Å². The van der Waals surface area contributed by atoms with E-state index in [1.807, 2.05) is 49.9 Å². The van der Waals surface area contributed by atoms with E-state index in [1.165, 1.54) is 66.9 Å². The molecule has 0 spiro atoms. The van der Waals surface area contributed by atoms with Crippen molar-refractivity contribution in [2.24, 2.45) is 22.7 Å². The summed E-state index contributed by atoms with van der Waals surface area (Å²) in [5, 5.41) is 9.09. The van der Waals surface area contributed by atoms with Crippen molar-refractivity contribution in [3.05, 3.63) is 95.6 Å². The highest BCUT2D eigenvalue weighted by Crippen LogP contribution is 2.58. The average Bonchev–Trinajstić information content (AvgIpc) is 3.80. The van der Waals surface area contributed by atoms with Crippen molar-refractivity contribution >= 4 is 35.3 Å². The van der Waals surface area contributed by atoms with Crippen molar-refractivity contribution in [1.29, 1.82) is 0 Å². The van der Waals surface area contributed by atoms with Gasteiger partial charge in [0.2, 0.25) is 11.8 Å². The third-order valence-electron chi connectivity index (χ3n) is 15.8. The topological polar surface area (TPSA) is 170 Å². The molecule has 11 rings (SSSR count). The number of H-pyrrole nitrogens is 1. The van der Waals surface area contributed by atoms with E-state index >= 15 is 0 Å². The average molecular weight is 905 g/mol. The van der Waals surface area contributed by atoms with Crippen LogP contribution in [0.4, 0.5) is 9.59 Å². The molecule has 3 aliphatic heterocycles. The van der Waals surface area contributed by atoms with Crippen LogP contribution in [0.15, 0.2) is 78.1 Å². The van der Waals surface area contributed by atoms with E-state index in [2.05, 4.69) is 81.6 Å². The molecule has 67 heavy (non-hydrogen) atoms. The zero-order chi connectivity index (χ0) is 46.4. The predicted molar refractivity (Wildman–Crippen MR) is 255 cm³/mol. The number of nitrogens with one attached hydrogen (secondary N) is 4. The second kappa shape index (κ2) is 16.8. The maximum absolute atomic E-state index is 13.9. The highest BCUT2D eigenvalue weighted by molar-refractivity contribution is 6.04. The standard InChI is InChI=1S/C53H60N8O6/c1-26(2)46(58-52(64)66-5)50(62)60-41-21-34(41)22-42(60)38-20-35(24-54-38)28-7-9-29(10-8-28)36-17-18-37(45-33-16-15-32(19-33)44(36)45)30-11-13-31(14-12-30)40-25-55-48(56-40)49-57-39-23-43(39)61(49)51(63)47(27(3)4)59-53(65)67-6/h7-14,17-18,24-27,32-34,39,41-43,46-47,49,57H,15-16,19-23H2,1-6H3,(H,55,56)(H,58,64)(H,59,65)/t32?,33?,34?,39?,41?,42-,43?,46-,47-,49+/m0/s1. The van der Waals surface area contributed by atoms with Crippen LogP contribution in [0.2, 0.25) is 0 Å². The molecular formula is C53H60N8O6. The number of benzene rings is 3. The van der Waals surface area contributed by atoms with Gasteiger partial charge in [-0.15, -0.1) is 0 Å². The lowest BCUT2D eigenvalue weighted by Crippen LogP contribution is -2.54. The van der Waals surface area contributed by atoms with Crippen LogP contribution >= 0.6 is 0 Å². The molecule has 2 saturated heterocycles. The van der Waals surface area contributed by atoms with Crippen LogP contribution in [-0.4, -0.2) is 100.0 Å². The van der Waals surface area contributed by atoms with Crippen LogP contribution in [0.5, 0.6) is 0 Å². The molecule has 4 aromatic rings. The summed E-state index contributed by atoms with van der Waals surface area (Å²) >= 11 is 0. The summed E-state index contributed by atoms with van der Waals surface area (Å²) in [5.41, 5.74) is 13.3. The number of imidazole rings is 1. The first-order valence-electron chi connectivity index (χ1n) is 24.2. The Bertz CT molecular complexity index is 2710. The Morgan fingerprint density at radius 1 is 0.687 bits per heavy atom. The lowest BCUT2D eigenvalue weighted by molar-refractivity contribution is -0.137. The number of fused-ring (bicyclic) bond motifs is 7. The molecule has 3 aromatic carbocycles. The monoisotopic (exact) mass is 904 g/mol. The number of likely N-dealkylation sites (tertiary alicyclic amines) is 1. The number of allylic oxidation sites excluding steroid dienone is 1. The molecule has 1 aromatic heterocycles. The van der Waals surface area contributed by atoms with Gasteiger partial charge in [0.05, 0.1) is 38.2 Å². The van der Waals surface area contributed by atoms with E-state index in [-0.39, 0.29) is 47.8 Å². The molecule has 0 radical (unpaired) electrons. The van der Waals surface area contributed by atoms with E-state index in [4.69, 9.17) is 19.5 Å². The van der Waals surface area contributed by atoms with Gasteiger partial charge in [-0.05, 0) is 118 Å². The molecule has 5 fully saturated rings. The molecule has 2 bridgehead atoms. The van der Waals surface area contributed by atoms with Gasteiger partial charge in [0, 0.05) is 30.4 Å². The first-order chi connectivity index (χ1) is 32.4. The minimum atomic E-state index is -0.709. The van der Waals surface area contributed by atoms with E-state index < -0.39 is 30.4 Å². The zero-order valence-corrected chi connectivity index (χ0v) is 39.0. The number of nitrogens with zero attached hydrogens (tertiary/aromatic N) is 4. The predicted octanol–water partition coefficient (Wildman–Crippen LogP) is 8.28. The number of methoxy groups -OCH3 is 2. The molecule has 3 saturated carbocycles. The largest absolute Gasteiger partial charge is 0.453 e. The van der Waals surface area contributed by atoms with Crippen molar-refractivity contribution in [2.45, 2.75) is 127 Å². The number of piperidine rings is 1. The van der Waals surface area contributed by atoms with Gasteiger partial charge in [-0.1, -0.05) is 88.4 Å². The summed E-state index contributed by atoms with van der Waals surface area (Å²) in [6.07, 6.45) is 9.33. The summed E-state index contributed by atoms with van der Waals surface area (Å²) in [4.78, 5) is 69.1. The molecule has 4 N–H and O–H groups in total. The van der Waals surface area contributed by atoms with Crippen LogP contribution in [0, 0.1) is 17.8 Å². The maximum Gasteiger partial charge on any atom is 0.407 e. The minimum absolute atomic E-state index is 0.0470. The van der Waals surface area contributed by atoms with Crippen molar-refractivity contribution in [1.82, 2.24) is 35.7 Å². The molecule has 4 aliphatic carbocycles. The zero-order valence-electron chi connectivity index (χ0n) is 39.0. The van der Waals surface area contributed by atoms with Gasteiger partial charge < -0.3 is 34.9 Å². The van der Waals surface area contributed by atoms with Gasteiger partial charge in [-0.25, -0.2) is 14.6 Å². The molecule has 7 aliphatic rings. The first kappa shape index (κ1) is 43.3. The fraction of sp³-hybridized carbons (Fsp3) is 0.472. The lowest BCUT2D eigenvalue weighted by Gasteiger charge is -2.33. The van der Waals surface area contributed by atoms with Crippen LogP contribution in [0.25, 0.3) is 39.1 Å². The Hall–Kier alpha value is -6.28. The van der Waals surface area contributed by atoms with Gasteiger partial charge in [-0.2, -0.15) is 0 Å². The number of rotatable bonds is 12. The van der Waals surface area contributed by atoms with Crippen LogP contribution in [0.1, 0.15) is 113 Å². The summed E-state index contributed by atoms with van der Waals surface area (Å²) < 4.78 is 9.67. The smallest absolute Gasteiger partial charge is 0.407 e. The van der Waals surface area contributed by atoms with E-state index in [9.17, 15) is 19.2 Å². The van der Waals surface area contributed by atoms with E-state index in [1.54, 1.807) is 0 Å². The number of aromatic amines is 1. The number of carbonyl (C=O) groups is 4. The Balaban J connectivity index is 0.784. The number of carbonyl (C=O) groups excluding carboxylic acids is 4. The van der Waals surface area contributed by atoms with Crippen molar-refractivity contribution in [3.8, 4) is 33.5 Å². The summed E-state index contributed by atoms with van der Waals surface area (Å²) in [7, 11) is 2.63. The summed E-state index contributed by atoms with van der Waals surface area (Å²) in [6.45, 7) is 7.73. The lowest BCUT2D eigenvalue weighted by atomic mass is 9.81. The second-order valence-electron chi connectivity index (χ2n) is 20.5. The third-order valence-corrected chi connectivity index (χ3v) is 15.8. The van der Waals surface area contributed by atoms with Crippen molar-refractivity contribution in [2.75, 3.05) is 14.2 Å². The van der Waals surface area contributed by atoms with Crippen molar-refractivity contribution in [3.63, 3.8) is 0 Å². The van der Waals surface area contributed by atoms with Gasteiger partial charge in [-0.3, -0.25) is 19.9 Å². The second-order valence-corrected chi connectivity index (χ2v) is 20.5. The number of aliphatic imine (C=N–C) groups is 1. The SMILES string of the molecule is COC(=O)N[C@H](C(=O)N1C2CC2C[C@H]1C1=NC=C(c2ccc(-c3ccc(-c4ccc(-c5cnc([C@@H]6NC7CC7N6C(=O)[C@@H](NC(=O)OC)C(C)C)[nH]5)cc4)c4c3C3CCC4C3)cc2)C1)C(C)C. The van der Waals surface area contributed by atoms with Gasteiger partial charge in [0.1, 0.15) is 24.1 Å². The summed E-state index contributed by atoms with van der Waals surface area (Å²) in [5.74, 6) is 1.89. The van der Waals surface area contributed by atoms with Gasteiger partial charge >= 0.3 is 12.2 Å². The normalized spacial score (nSPS) is 27.0. The molecule has 348 valence electrons. The molecule has 4 amide bonds. The number of alkyl carbamates (subject to hydrolysis) is 2. The number of amides is 4. The van der Waals surface area contributed by atoms with E-state index in [0.29, 0.717) is 30.0 Å². The molecule has 14 heteroatoms. The number of aromatic nitrogens is 2. The highest BCUT2D eigenvalue weighted by atomic mass is 16.5. The van der Waals surface area contributed by atoms with Gasteiger partial charge in [0.15, 0.2) is 0 Å². The van der Waals surface area contributed by atoms with Crippen LogP contribution in [0.3, 0.4) is 0 Å². The molecular weight excluding hydrogens is 845 g/mol. The Morgan fingerprint density at radius 3 is 1.84 bits per heavy atom. The minimum Gasteiger partial charge on any atom is -0.453 e. The number of hydrogen-bond acceptors (Lipinski definition) is 9. The highest BCUT2D eigenvalue weighted by Gasteiger charge is 2.57. The number of hydrogen-bond donors (Lipinski definition) is 4. The van der Waals surface area contributed by atoms with E-state index in [0.717, 1.165) is 47.4 Å². The van der Waals surface area contributed by atoms with Crippen LogP contribution in [-0.2, 0) is 19.1 Å². The van der Waals surface area contributed by atoms with Crippen molar-refractivity contribution < 1.29 is 28.7 Å². The quantitative estimate of drug-likeness (QED) is 0.110.